The van der Waals surface area contributed by atoms with E-state index in [0.29, 0.717) is 0 Å². The molecule has 0 bridgehead atoms. The minimum Gasteiger partial charge on any atom is -0.319 e. The second-order valence-electron chi connectivity index (χ2n) is 4.69. The lowest BCUT2D eigenvalue weighted by Crippen LogP contribution is -2.20. The molecule has 0 radical (unpaired) electrons. The predicted octanol–water partition coefficient (Wildman–Crippen LogP) is 2.17. The molecule has 0 spiro atoms. The van der Waals surface area contributed by atoms with Crippen molar-refractivity contribution in [2.24, 2.45) is 0 Å². The molecule has 1 aromatic rings. The van der Waals surface area contributed by atoms with Gasteiger partial charge in [-0.3, -0.25) is 4.90 Å². The zero-order chi connectivity index (χ0) is 11.4. The summed E-state index contributed by atoms with van der Waals surface area (Å²) in [6, 6.07) is 8.67. The Morgan fingerprint density at radius 3 is 2.69 bits per heavy atom. The number of nitrogens with zero attached hydrogens (tertiary/aromatic N) is 2. The molecular weight excluding hydrogens is 198 g/mol. The second kappa shape index (κ2) is 5.32. The summed E-state index contributed by atoms with van der Waals surface area (Å²) in [7, 11) is 4.01. The Kier molecular flexibility index (Phi) is 3.80. The molecule has 0 atom stereocenters. The number of likely N-dealkylation sites (tertiary alicyclic amines) is 1. The van der Waals surface area contributed by atoms with Crippen LogP contribution >= 0.6 is 0 Å². The van der Waals surface area contributed by atoms with Crippen LogP contribution in [0, 0.1) is 0 Å². The summed E-state index contributed by atoms with van der Waals surface area (Å²) < 4.78 is 0. The molecular formula is C13H21N3. The number of hydrogen-bond donors (Lipinski definition) is 1. The Labute approximate surface area is 98.0 Å². The van der Waals surface area contributed by atoms with Crippen LogP contribution in [0.1, 0.15) is 18.4 Å². The molecule has 16 heavy (non-hydrogen) atoms. The van der Waals surface area contributed by atoms with Crippen molar-refractivity contribution in [2.75, 3.05) is 32.6 Å². The van der Waals surface area contributed by atoms with Crippen molar-refractivity contribution in [3.8, 4) is 0 Å². The Bertz CT molecular complexity index is 330. The fourth-order valence-corrected chi connectivity index (χ4v) is 2.20. The Hall–Kier alpha value is -1.06. The normalized spacial score (nSPS) is 16.9. The van der Waals surface area contributed by atoms with Crippen LogP contribution in [0.2, 0.25) is 0 Å². The number of rotatable bonds is 4. The summed E-state index contributed by atoms with van der Waals surface area (Å²) in [6.07, 6.45) is 2.71. The van der Waals surface area contributed by atoms with E-state index in [9.17, 15) is 0 Å². The van der Waals surface area contributed by atoms with Gasteiger partial charge in [0.15, 0.2) is 0 Å². The first-order valence-electron chi connectivity index (χ1n) is 5.99. The number of anilines is 1. The van der Waals surface area contributed by atoms with E-state index in [1.165, 1.54) is 37.2 Å². The van der Waals surface area contributed by atoms with Crippen molar-refractivity contribution in [3.63, 3.8) is 0 Å². The highest BCUT2D eigenvalue weighted by Gasteiger charge is 2.11. The van der Waals surface area contributed by atoms with Gasteiger partial charge in [-0.05, 0) is 43.6 Å². The van der Waals surface area contributed by atoms with E-state index in [-0.39, 0.29) is 0 Å². The van der Waals surface area contributed by atoms with Crippen LogP contribution in [0.3, 0.4) is 0 Å². The van der Waals surface area contributed by atoms with E-state index in [1.54, 1.807) is 0 Å². The van der Waals surface area contributed by atoms with Crippen molar-refractivity contribution in [3.05, 3.63) is 29.8 Å². The molecule has 3 heteroatoms. The highest BCUT2D eigenvalue weighted by molar-refractivity contribution is 5.44. The molecule has 1 aliphatic rings. The van der Waals surface area contributed by atoms with Gasteiger partial charge in [0.25, 0.3) is 0 Å². The van der Waals surface area contributed by atoms with Crippen LogP contribution in [-0.2, 0) is 6.54 Å². The standard InChI is InChI=1S/C13H21N3/c1-15(2)14-13-7-5-6-12(10-13)11-16-8-3-4-9-16/h5-7,10,14H,3-4,8-9,11H2,1-2H3. The van der Waals surface area contributed by atoms with E-state index < -0.39 is 0 Å². The summed E-state index contributed by atoms with van der Waals surface area (Å²) in [5.74, 6) is 0. The van der Waals surface area contributed by atoms with Crippen LogP contribution < -0.4 is 5.43 Å². The zero-order valence-electron chi connectivity index (χ0n) is 10.2. The van der Waals surface area contributed by atoms with E-state index in [1.807, 2.05) is 19.1 Å². The zero-order valence-corrected chi connectivity index (χ0v) is 10.2. The Balaban J connectivity index is 1.97. The third-order valence-electron chi connectivity index (χ3n) is 2.88. The molecule has 0 aromatic heterocycles. The third kappa shape index (κ3) is 3.22. The van der Waals surface area contributed by atoms with Gasteiger partial charge in [-0.25, -0.2) is 5.01 Å². The smallest absolute Gasteiger partial charge is 0.0493 e. The molecule has 88 valence electrons. The van der Waals surface area contributed by atoms with Gasteiger partial charge in [0.1, 0.15) is 0 Å². The molecule has 1 heterocycles. The van der Waals surface area contributed by atoms with Crippen molar-refractivity contribution < 1.29 is 0 Å². The summed E-state index contributed by atoms with van der Waals surface area (Å²) in [4.78, 5) is 2.52. The Morgan fingerprint density at radius 1 is 1.25 bits per heavy atom. The Morgan fingerprint density at radius 2 is 2.00 bits per heavy atom. The second-order valence-corrected chi connectivity index (χ2v) is 4.69. The largest absolute Gasteiger partial charge is 0.319 e. The van der Waals surface area contributed by atoms with E-state index in [4.69, 9.17) is 0 Å². The van der Waals surface area contributed by atoms with Crippen LogP contribution in [0.15, 0.2) is 24.3 Å². The molecule has 1 fully saturated rings. The fraction of sp³-hybridized carbons (Fsp3) is 0.538. The molecule has 1 aliphatic heterocycles. The third-order valence-corrected chi connectivity index (χ3v) is 2.88. The predicted molar refractivity (Wildman–Crippen MR) is 68.3 cm³/mol. The van der Waals surface area contributed by atoms with Crippen molar-refractivity contribution in [1.82, 2.24) is 9.91 Å². The SMILES string of the molecule is CN(C)Nc1cccc(CN2CCCC2)c1. The van der Waals surface area contributed by atoms with Crippen molar-refractivity contribution in [1.29, 1.82) is 0 Å². The molecule has 0 aliphatic carbocycles. The molecule has 1 N–H and O–H groups in total. The summed E-state index contributed by atoms with van der Waals surface area (Å²) in [5, 5.41) is 1.97. The maximum atomic E-state index is 3.28. The molecule has 2 rings (SSSR count). The highest BCUT2D eigenvalue weighted by Crippen LogP contribution is 2.16. The first-order valence-corrected chi connectivity index (χ1v) is 5.99. The van der Waals surface area contributed by atoms with Gasteiger partial charge >= 0.3 is 0 Å². The van der Waals surface area contributed by atoms with Crippen LogP contribution in [0.5, 0.6) is 0 Å². The molecule has 0 unspecified atom stereocenters. The lowest BCUT2D eigenvalue weighted by Gasteiger charge is -2.17. The van der Waals surface area contributed by atoms with Gasteiger partial charge < -0.3 is 5.43 Å². The van der Waals surface area contributed by atoms with E-state index >= 15 is 0 Å². The molecule has 1 saturated heterocycles. The van der Waals surface area contributed by atoms with Gasteiger partial charge in [-0.2, -0.15) is 0 Å². The first-order chi connectivity index (χ1) is 7.74. The maximum absolute atomic E-state index is 3.28. The minimum atomic E-state index is 1.09. The van der Waals surface area contributed by atoms with Gasteiger partial charge in [0, 0.05) is 26.3 Å². The molecule has 0 saturated carbocycles. The number of hydrogen-bond acceptors (Lipinski definition) is 3. The number of nitrogens with one attached hydrogen (secondary N) is 1. The topological polar surface area (TPSA) is 18.5 Å². The monoisotopic (exact) mass is 219 g/mol. The van der Waals surface area contributed by atoms with Gasteiger partial charge in [0.05, 0.1) is 0 Å². The quantitative estimate of drug-likeness (QED) is 0.783. The van der Waals surface area contributed by atoms with Gasteiger partial charge in [-0.1, -0.05) is 12.1 Å². The van der Waals surface area contributed by atoms with Crippen LogP contribution in [0.25, 0.3) is 0 Å². The first kappa shape index (κ1) is 11.4. The number of hydrazine groups is 1. The molecule has 1 aromatic carbocycles. The summed E-state index contributed by atoms with van der Waals surface area (Å²) in [6.45, 7) is 3.60. The van der Waals surface area contributed by atoms with Gasteiger partial charge in [-0.15, -0.1) is 0 Å². The summed E-state index contributed by atoms with van der Waals surface area (Å²) in [5.41, 5.74) is 5.85. The maximum Gasteiger partial charge on any atom is 0.0493 e. The van der Waals surface area contributed by atoms with Crippen LogP contribution in [0.4, 0.5) is 5.69 Å². The average molecular weight is 219 g/mol. The molecule has 0 amide bonds. The molecule has 3 nitrogen and oxygen atoms in total. The average Bonchev–Trinajstić information content (AvgIpc) is 2.70. The van der Waals surface area contributed by atoms with Crippen molar-refractivity contribution >= 4 is 5.69 Å². The lowest BCUT2D eigenvalue weighted by molar-refractivity contribution is 0.331. The van der Waals surface area contributed by atoms with Crippen LogP contribution in [-0.4, -0.2) is 37.1 Å². The minimum absolute atomic E-state index is 1.09. The summed E-state index contributed by atoms with van der Waals surface area (Å²) >= 11 is 0. The number of benzene rings is 1. The lowest BCUT2D eigenvalue weighted by atomic mass is 10.2. The van der Waals surface area contributed by atoms with Crippen molar-refractivity contribution in [2.45, 2.75) is 19.4 Å². The van der Waals surface area contributed by atoms with E-state index in [2.05, 4.69) is 34.6 Å². The fourth-order valence-electron chi connectivity index (χ4n) is 2.20. The van der Waals surface area contributed by atoms with E-state index in [0.717, 1.165) is 6.54 Å². The highest BCUT2D eigenvalue weighted by atomic mass is 15.5. The van der Waals surface area contributed by atoms with Gasteiger partial charge in [0.2, 0.25) is 0 Å².